The quantitative estimate of drug-likeness (QED) is 0.676. The SMILES string of the molecule is O=C(NCCNC(=O)c1cc(-c2ccco2)on1)c1ccccc1. The highest BCUT2D eigenvalue weighted by molar-refractivity contribution is 5.94. The van der Waals surface area contributed by atoms with Crippen LogP contribution in [-0.4, -0.2) is 30.1 Å². The molecule has 0 atom stereocenters. The summed E-state index contributed by atoms with van der Waals surface area (Å²) in [5.41, 5.74) is 0.721. The van der Waals surface area contributed by atoms with Crippen LogP contribution in [0.5, 0.6) is 0 Å². The van der Waals surface area contributed by atoms with E-state index in [1.54, 1.807) is 36.4 Å². The van der Waals surface area contributed by atoms with Crippen LogP contribution >= 0.6 is 0 Å². The van der Waals surface area contributed by atoms with Gasteiger partial charge < -0.3 is 19.6 Å². The van der Waals surface area contributed by atoms with Crippen molar-refractivity contribution in [2.75, 3.05) is 13.1 Å². The molecule has 2 heterocycles. The maximum atomic E-state index is 12.0. The maximum Gasteiger partial charge on any atom is 0.273 e. The molecule has 3 rings (SSSR count). The molecule has 0 unspecified atom stereocenters. The Bertz CT molecular complexity index is 810. The van der Waals surface area contributed by atoms with Gasteiger partial charge in [0.15, 0.2) is 11.5 Å². The molecule has 0 saturated heterocycles. The lowest BCUT2D eigenvalue weighted by molar-refractivity contribution is 0.0922. The molecule has 122 valence electrons. The van der Waals surface area contributed by atoms with Gasteiger partial charge in [0.2, 0.25) is 5.76 Å². The van der Waals surface area contributed by atoms with Crippen molar-refractivity contribution in [1.29, 1.82) is 0 Å². The van der Waals surface area contributed by atoms with E-state index in [0.717, 1.165) is 0 Å². The van der Waals surface area contributed by atoms with Crippen molar-refractivity contribution in [2.45, 2.75) is 0 Å². The molecule has 1 aromatic carbocycles. The molecular formula is C17H15N3O4. The maximum absolute atomic E-state index is 12.0. The third-order valence-corrected chi connectivity index (χ3v) is 3.24. The van der Waals surface area contributed by atoms with Crippen molar-refractivity contribution in [3.05, 3.63) is 66.1 Å². The highest BCUT2D eigenvalue weighted by Crippen LogP contribution is 2.20. The molecule has 2 amide bonds. The molecular weight excluding hydrogens is 310 g/mol. The van der Waals surface area contributed by atoms with Crippen LogP contribution in [0.3, 0.4) is 0 Å². The fraction of sp³-hybridized carbons (Fsp3) is 0.118. The molecule has 24 heavy (non-hydrogen) atoms. The van der Waals surface area contributed by atoms with Crippen molar-refractivity contribution in [3.63, 3.8) is 0 Å². The molecule has 7 heteroatoms. The highest BCUT2D eigenvalue weighted by Gasteiger charge is 2.14. The number of furan rings is 1. The summed E-state index contributed by atoms with van der Waals surface area (Å²) < 4.78 is 10.2. The highest BCUT2D eigenvalue weighted by atomic mass is 16.5. The van der Waals surface area contributed by atoms with Gasteiger partial charge in [-0.2, -0.15) is 0 Å². The lowest BCUT2D eigenvalue weighted by atomic mass is 10.2. The van der Waals surface area contributed by atoms with Crippen LogP contribution in [-0.2, 0) is 0 Å². The molecule has 2 aromatic heterocycles. The van der Waals surface area contributed by atoms with Crippen molar-refractivity contribution < 1.29 is 18.5 Å². The minimum Gasteiger partial charge on any atom is -0.461 e. The first-order valence-corrected chi connectivity index (χ1v) is 7.36. The number of nitrogens with zero attached hydrogens (tertiary/aromatic N) is 1. The van der Waals surface area contributed by atoms with Crippen molar-refractivity contribution in [3.8, 4) is 11.5 Å². The number of hydrogen-bond acceptors (Lipinski definition) is 5. The molecule has 0 aliphatic carbocycles. The Balaban J connectivity index is 1.45. The molecule has 0 saturated carbocycles. The first-order valence-electron chi connectivity index (χ1n) is 7.36. The molecule has 0 aliphatic heterocycles. The summed E-state index contributed by atoms with van der Waals surface area (Å²) in [4.78, 5) is 23.8. The zero-order valence-corrected chi connectivity index (χ0v) is 12.7. The van der Waals surface area contributed by atoms with Gasteiger partial charge in [-0.25, -0.2) is 0 Å². The summed E-state index contributed by atoms with van der Waals surface area (Å²) in [5, 5.41) is 9.08. The van der Waals surface area contributed by atoms with Gasteiger partial charge in [-0.1, -0.05) is 23.4 Å². The summed E-state index contributed by atoms with van der Waals surface area (Å²) in [6, 6.07) is 13.8. The topological polar surface area (TPSA) is 97.4 Å². The Labute approximate surface area is 137 Å². The van der Waals surface area contributed by atoms with E-state index in [1.807, 2.05) is 6.07 Å². The largest absolute Gasteiger partial charge is 0.461 e. The number of benzene rings is 1. The Kier molecular flexibility index (Phi) is 4.71. The zero-order chi connectivity index (χ0) is 16.8. The number of carbonyl (C=O) groups is 2. The number of nitrogens with one attached hydrogen (secondary N) is 2. The molecule has 7 nitrogen and oxygen atoms in total. The van der Waals surface area contributed by atoms with Gasteiger partial charge in [0.05, 0.1) is 6.26 Å². The first-order chi connectivity index (χ1) is 11.7. The van der Waals surface area contributed by atoms with Gasteiger partial charge in [0, 0.05) is 24.7 Å². The number of aromatic nitrogens is 1. The fourth-order valence-electron chi connectivity index (χ4n) is 2.05. The van der Waals surface area contributed by atoms with Crippen LogP contribution in [0.15, 0.2) is 63.7 Å². The first kappa shape index (κ1) is 15.5. The third-order valence-electron chi connectivity index (χ3n) is 3.24. The van der Waals surface area contributed by atoms with E-state index in [1.165, 1.54) is 12.3 Å². The molecule has 0 fully saturated rings. The van der Waals surface area contributed by atoms with E-state index in [0.29, 0.717) is 23.6 Å². The van der Waals surface area contributed by atoms with Gasteiger partial charge in [-0.15, -0.1) is 0 Å². The van der Waals surface area contributed by atoms with E-state index in [4.69, 9.17) is 8.94 Å². The minimum absolute atomic E-state index is 0.149. The number of carbonyl (C=O) groups excluding carboxylic acids is 2. The van der Waals surface area contributed by atoms with Crippen LogP contribution in [0.1, 0.15) is 20.8 Å². The van der Waals surface area contributed by atoms with Gasteiger partial charge in [-0.3, -0.25) is 9.59 Å². The van der Waals surface area contributed by atoms with Crippen molar-refractivity contribution in [2.24, 2.45) is 0 Å². The number of rotatable bonds is 6. The fourth-order valence-corrected chi connectivity index (χ4v) is 2.05. The normalized spacial score (nSPS) is 10.3. The van der Waals surface area contributed by atoms with Crippen LogP contribution in [0.4, 0.5) is 0 Å². The predicted molar refractivity (Wildman–Crippen MR) is 85.3 cm³/mol. The van der Waals surface area contributed by atoms with E-state index < -0.39 is 0 Å². The number of hydrogen-bond donors (Lipinski definition) is 2. The smallest absolute Gasteiger partial charge is 0.273 e. The molecule has 0 bridgehead atoms. The molecule has 0 radical (unpaired) electrons. The Morgan fingerprint density at radius 2 is 1.67 bits per heavy atom. The summed E-state index contributed by atoms with van der Waals surface area (Å²) >= 11 is 0. The van der Waals surface area contributed by atoms with Crippen LogP contribution < -0.4 is 10.6 Å². The van der Waals surface area contributed by atoms with Crippen molar-refractivity contribution in [1.82, 2.24) is 15.8 Å². The van der Waals surface area contributed by atoms with Crippen molar-refractivity contribution >= 4 is 11.8 Å². The average molecular weight is 325 g/mol. The second-order valence-corrected chi connectivity index (χ2v) is 4.93. The molecule has 2 N–H and O–H groups in total. The zero-order valence-electron chi connectivity index (χ0n) is 12.7. The average Bonchev–Trinajstić information content (AvgIpc) is 3.30. The van der Waals surface area contributed by atoms with E-state index >= 15 is 0 Å². The van der Waals surface area contributed by atoms with Crippen LogP contribution in [0, 0.1) is 0 Å². The lowest BCUT2D eigenvalue weighted by Gasteiger charge is -2.05. The van der Waals surface area contributed by atoms with E-state index in [2.05, 4.69) is 15.8 Å². The lowest BCUT2D eigenvalue weighted by Crippen LogP contribution is -2.34. The second kappa shape index (κ2) is 7.28. The van der Waals surface area contributed by atoms with E-state index in [-0.39, 0.29) is 24.1 Å². The van der Waals surface area contributed by atoms with Gasteiger partial charge in [-0.05, 0) is 24.3 Å². The number of amides is 2. The summed E-state index contributed by atoms with van der Waals surface area (Å²) in [7, 11) is 0. The monoisotopic (exact) mass is 325 g/mol. The Morgan fingerprint density at radius 1 is 0.917 bits per heavy atom. The molecule has 0 aliphatic rings. The molecule has 0 spiro atoms. The standard InChI is InChI=1S/C17H15N3O4/c21-16(12-5-2-1-3-6-12)18-8-9-19-17(22)13-11-15(24-20-13)14-7-4-10-23-14/h1-7,10-11H,8-9H2,(H,18,21)(H,19,22). The Morgan fingerprint density at radius 3 is 2.38 bits per heavy atom. The summed E-state index contributed by atoms with van der Waals surface area (Å²) in [6.45, 7) is 0.586. The third kappa shape index (κ3) is 3.70. The predicted octanol–water partition coefficient (Wildman–Crippen LogP) is 2.09. The summed E-state index contributed by atoms with van der Waals surface area (Å²) in [6.07, 6.45) is 1.51. The second-order valence-electron chi connectivity index (χ2n) is 4.93. The van der Waals surface area contributed by atoms with Gasteiger partial charge >= 0.3 is 0 Å². The van der Waals surface area contributed by atoms with Gasteiger partial charge in [0.25, 0.3) is 11.8 Å². The van der Waals surface area contributed by atoms with Crippen LogP contribution in [0.25, 0.3) is 11.5 Å². The summed E-state index contributed by atoms with van der Waals surface area (Å²) in [5.74, 6) is 0.302. The Hall–Kier alpha value is -3.35. The van der Waals surface area contributed by atoms with Gasteiger partial charge in [0.1, 0.15) is 0 Å². The minimum atomic E-state index is -0.384. The van der Waals surface area contributed by atoms with E-state index in [9.17, 15) is 9.59 Å². The molecule has 3 aromatic rings. The van der Waals surface area contributed by atoms with Crippen LogP contribution in [0.2, 0.25) is 0 Å².